The summed E-state index contributed by atoms with van der Waals surface area (Å²) < 4.78 is 5.33. The summed E-state index contributed by atoms with van der Waals surface area (Å²) >= 11 is 1.79. The fraction of sp³-hybridized carbons (Fsp3) is 0.333. The van der Waals surface area contributed by atoms with Gasteiger partial charge in [-0.2, -0.15) is 0 Å². The van der Waals surface area contributed by atoms with Gasteiger partial charge in [0.2, 0.25) is 0 Å². The van der Waals surface area contributed by atoms with Gasteiger partial charge in [-0.25, -0.2) is 0 Å². The van der Waals surface area contributed by atoms with E-state index in [0.717, 1.165) is 29.7 Å². The molecule has 2 N–H and O–H groups in total. The summed E-state index contributed by atoms with van der Waals surface area (Å²) in [6.45, 7) is 2.04. The largest absolute Gasteiger partial charge is 0.496 e. The normalized spacial score (nSPS) is 12.4. The van der Waals surface area contributed by atoms with Crippen LogP contribution in [0.5, 0.6) is 5.75 Å². The van der Waals surface area contributed by atoms with E-state index in [2.05, 4.69) is 35.7 Å². The number of aryl methyl sites for hydroxylation is 2. The average molecular weight is 261 g/mol. The lowest BCUT2D eigenvalue weighted by Gasteiger charge is -2.14. The smallest absolute Gasteiger partial charge is 0.122 e. The molecule has 1 aromatic heterocycles. The highest BCUT2D eigenvalue weighted by Gasteiger charge is 2.09. The van der Waals surface area contributed by atoms with Crippen molar-refractivity contribution >= 4 is 11.3 Å². The number of nitrogens with two attached hydrogens (primary N) is 1. The molecule has 1 aromatic carbocycles. The Bertz CT molecular complexity index is 493. The number of hydrogen-bond acceptors (Lipinski definition) is 3. The number of thiophene rings is 1. The first-order valence-corrected chi connectivity index (χ1v) is 7.01. The Labute approximate surface area is 112 Å². The molecule has 0 saturated carbocycles. The zero-order chi connectivity index (χ0) is 13.0. The average Bonchev–Trinajstić information content (AvgIpc) is 2.89. The monoisotopic (exact) mass is 261 g/mol. The third-order valence-corrected chi connectivity index (χ3v) is 4.08. The highest BCUT2D eigenvalue weighted by molar-refractivity contribution is 7.09. The van der Waals surface area contributed by atoms with Crippen molar-refractivity contribution in [3.63, 3.8) is 0 Å². The molecule has 0 amide bonds. The molecule has 0 aliphatic rings. The predicted octanol–water partition coefficient (Wildman–Crippen LogP) is 3.70. The highest BCUT2D eigenvalue weighted by atomic mass is 32.1. The minimum atomic E-state index is 0.0709. The second-order valence-electron chi connectivity index (χ2n) is 4.45. The van der Waals surface area contributed by atoms with Crippen LogP contribution in [0.25, 0.3) is 0 Å². The summed E-state index contributed by atoms with van der Waals surface area (Å²) in [6, 6.07) is 10.5. The first-order chi connectivity index (χ1) is 8.70. The molecule has 2 aromatic rings. The minimum absolute atomic E-state index is 0.0709. The molecule has 18 heavy (non-hydrogen) atoms. The molecule has 1 heterocycles. The third kappa shape index (κ3) is 3.12. The zero-order valence-electron chi connectivity index (χ0n) is 10.8. The Kier molecular flexibility index (Phi) is 4.39. The molecular weight excluding hydrogens is 242 g/mol. The second-order valence-corrected chi connectivity index (χ2v) is 5.49. The van der Waals surface area contributed by atoms with E-state index in [1.54, 1.807) is 18.4 Å². The molecule has 0 spiro atoms. The van der Waals surface area contributed by atoms with Crippen molar-refractivity contribution in [1.29, 1.82) is 0 Å². The lowest BCUT2D eigenvalue weighted by molar-refractivity contribution is 0.410. The molecule has 0 aliphatic carbocycles. The molecule has 0 aliphatic heterocycles. The second kappa shape index (κ2) is 6.03. The van der Waals surface area contributed by atoms with Gasteiger partial charge in [0.1, 0.15) is 5.75 Å². The van der Waals surface area contributed by atoms with Gasteiger partial charge in [0, 0.05) is 10.9 Å². The van der Waals surface area contributed by atoms with Gasteiger partial charge in [-0.05, 0) is 48.4 Å². The first kappa shape index (κ1) is 13.1. The first-order valence-electron chi connectivity index (χ1n) is 6.13. The predicted molar refractivity (Wildman–Crippen MR) is 77.3 cm³/mol. The van der Waals surface area contributed by atoms with Gasteiger partial charge in [0.25, 0.3) is 0 Å². The minimum Gasteiger partial charge on any atom is -0.496 e. The molecule has 1 atom stereocenters. The topological polar surface area (TPSA) is 35.2 Å². The maximum absolute atomic E-state index is 6.23. The number of ether oxygens (including phenoxy) is 1. The molecule has 96 valence electrons. The van der Waals surface area contributed by atoms with E-state index >= 15 is 0 Å². The Morgan fingerprint density at radius 1 is 1.33 bits per heavy atom. The number of hydrogen-bond donors (Lipinski definition) is 1. The highest BCUT2D eigenvalue weighted by Crippen LogP contribution is 2.25. The summed E-state index contributed by atoms with van der Waals surface area (Å²) in [5.41, 5.74) is 8.53. The third-order valence-electron chi connectivity index (χ3n) is 3.14. The molecule has 3 heteroatoms. The lowest BCUT2D eigenvalue weighted by Crippen LogP contribution is -2.11. The maximum Gasteiger partial charge on any atom is 0.122 e. The van der Waals surface area contributed by atoms with Crippen LogP contribution in [0.2, 0.25) is 0 Å². The molecule has 0 saturated heterocycles. The van der Waals surface area contributed by atoms with Crippen LogP contribution in [0.1, 0.15) is 28.5 Å². The van der Waals surface area contributed by atoms with Crippen molar-refractivity contribution in [2.24, 2.45) is 5.73 Å². The molecule has 2 rings (SSSR count). The summed E-state index contributed by atoms with van der Waals surface area (Å²) in [4.78, 5) is 1.39. The molecule has 0 bridgehead atoms. The van der Waals surface area contributed by atoms with Crippen LogP contribution in [0.3, 0.4) is 0 Å². The zero-order valence-corrected chi connectivity index (χ0v) is 11.7. The van der Waals surface area contributed by atoms with Crippen LogP contribution < -0.4 is 10.5 Å². The van der Waals surface area contributed by atoms with E-state index < -0.39 is 0 Å². The van der Waals surface area contributed by atoms with E-state index in [0.29, 0.717) is 0 Å². The number of methoxy groups -OCH3 is 1. The van der Waals surface area contributed by atoms with E-state index in [1.165, 1.54) is 4.88 Å². The van der Waals surface area contributed by atoms with Crippen LogP contribution in [0.15, 0.2) is 35.7 Å². The standard InChI is InChI=1S/C15H19NOS/c1-11-5-6-12(10-15(11)17-2)14(16)8-7-13-4-3-9-18-13/h3-6,9-10,14H,7-8,16H2,1-2H3. The molecule has 0 fully saturated rings. The van der Waals surface area contributed by atoms with Gasteiger partial charge in [-0.3, -0.25) is 0 Å². The van der Waals surface area contributed by atoms with Crippen LogP contribution in [0, 0.1) is 6.92 Å². The quantitative estimate of drug-likeness (QED) is 0.890. The molecule has 1 unspecified atom stereocenters. The van der Waals surface area contributed by atoms with Gasteiger partial charge in [-0.15, -0.1) is 11.3 Å². The number of benzene rings is 1. The molecule has 0 radical (unpaired) electrons. The van der Waals surface area contributed by atoms with Gasteiger partial charge < -0.3 is 10.5 Å². The summed E-state index contributed by atoms with van der Waals surface area (Å²) in [6.07, 6.45) is 2.00. The maximum atomic E-state index is 6.23. The van der Waals surface area contributed by atoms with Crippen LogP contribution in [-0.4, -0.2) is 7.11 Å². The van der Waals surface area contributed by atoms with Crippen LogP contribution in [0.4, 0.5) is 0 Å². The fourth-order valence-corrected chi connectivity index (χ4v) is 2.71. The van der Waals surface area contributed by atoms with Crippen molar-refractivity contribution in [3.05, 3.63) is 51.7 Å². The Hall–Kier alpha value is -1.32. The Morgan fingerprint density at radius 3 is 2.83 bits per heavy atom. The van der Waals surface area contributed by atoms with Crippen molar-refractivity contribution in [2.45, 2.75) is 25.8 Å². The summed E-state index contributed by atoms with van der Waals surface area (Å²) in [7, 11) is 1.70. The Balaban J connectivity index is 2.02. The molecular formula is C15H19NOS. The summed E-state index contributed by atoms with van der Waals surface area (Å²) in [5.74, 6) is 0.916. The van der Waals surface area contributed by atoms with Gasteiger partial charge in [0.15, 0.2) is 0 Å². The van der Waals surface area contributed by atoms with Gasteiger partial charge in [-0.1, -0.05) is 18.2 Å². The van der Waals surface area contributed by atoms with Gasteiger partial charge >= 0.3 is 0 Å². The Morgan fingerprint density at radius 2 is 2.17 bits per heavy atom. The van der Waals surface area contributed by atoms with Crippen molar-refractivity contribution in [1.82, 2.24) is 0 Å². The fourth-order valence-electron chi connectivity index (χ4n) is 1.99. The van der Waals surface area contributed by atoms with E-state index in [4.69, 9.17) is 10.5 Å². The van der Waals surface area contributed by atoms with Crippen molar-refractivity contribution in [3.8, 4) is 5.75 Å². The van der Waals surface area contributed by atoms with Crippen molar-refractivity contribution < 1.29 is 4.74 Å². The SMILES string of the molecule is COc1cc(C(N)CCc2cccs2)ccc1C. The van der Waals surface area contributed by atoms with E-state index in [-0.39, 0.29) is 6.04 Å². The van der Waals surface area contributed by atoms with Gasteiger partial charge in [0.05, 0.1) is 7.11 Å². The summed E-state index contributed by atoms with van der Waals surface area (Å²) in [5, 5.41) is 2.11. The number of rotatable bonds is 5. The lowest BCUT2D eigenvalue weighted by atomic mass is 10.0. The van der Waals surface area contributed by atoms with Crippen molar-refractivity contribution in [2.75, 3.05) is 7.11 Å². The van der Waals surface area contributed by atoms with Crippen LogP contribution >= 0.6 is 11.3 Å². The molecule has 2 nitrogen and oxygen atoms in total. The van der Waals surface area contributed by atoms with Crippen LogP contribution in [-0.2, 0) is 6.42 Å². The van der Waals surface area contributed by atoms with E-state index in [1.807, 2.05) is 6.92 Å². The van der Waals surface area contributed by atoms with E-state index in [9.17, 15) is 0 Å².